The largest absolute Gasteiger partial charge is 0.341 e. The minimum atomic E-state index is -0.478. The lowest BCUT2D eigenvalue weighted by atomic mass is 9.77. The van der Waals surface area contributed by atoms with Gasteiger partial charge in [0.2, 0.25) is 5.91 Å². The van der Waals surface area contributed by atoms with E-state index in [9.17, 15) is 9.59 Å². The number of rotatable bonds is 5. The minimum absolute atomic E-state index is 0.158. The van der Waals surface area contributed by atoms with Gasteiger partial charge in [0.05, 0.1) is 6.04 Å². The van der Waals surface area contributed by atoms with Crippen molar-refractivity contribution < 1.29 is 9.59 Å². The number of carbonyl (C=O) groups is 2. The van der Waals surface area contributed by atoms with Crippen LogP contribution in [-0.4, -0.2) is 25.0 Å². The molecule has 1 aliphatic rings. The van der Waals surface area contributed by atoms with Crippen LogP contribution in [0.5, 0.6) is 0 Å². The number of hydrogen-bond acceptors (Lipinski definition) is 3. The van der Waals surface area contributed by atoms with Crippen LogP contribution < -0.4 is 16.0 Å². The van der Waals surface area contributed by atoms with E-state index in [-0.39, 0.29) is 11.9 Å². The van der Waals surface area contributed by atoms with Crippen LogP contribution in [0.15, 0.2) is 30.3 Å². The van der Waals surface area contributed by atoms with Gasteiger partial charge in [0, 0.05) is 13.1 Å². The average Bonchev–Trinajstić information content (AvgIpc) is 2.45. The topological polar surface area (TPSA) is 70.2 Å². The molecule has 21 heavy (non-hydrogen) atoms. The smallest absolute Gasteiger partial charge is 0.321 e. The molecule has 0 bridgehead atoms. The minimum Gasteiger partial charge on any atom is -0.341 e. The molecule has 2 rings (SSSR count). The maximum absolute atomic E-state index is 12.0. The van der Waals surface area contributed by atoms with Crippen molar-refractivity contribution in [2.45, 2.75) is 38.3 Å². The standard InChI is InChI=1S/C16H23N3O2/c1-11(15(20)19-16(21)17-2)18-14(13-9-6-10-13)12-7-4-3-5-8-12/h3-5,7-8,11,13-14,18H,6,9-10H2,1-2H3,(H2,17,19,20,21). The number of carbonyl (C=O) groups excluding carboxylic acids is 2. The van der Waals surface area contributed by atoms with Gasteiger partial charge in [-0.25, -0.2) is 4.79 Å². The van der Waals surface area contributed by atoms with Crippen LogP contribution in [0.2, 0.25) is 0 Å². The second-order valence-electron chi connectivity index (χ2n) is 5.54. The Morgan fingerprint density at radius 2 is 1.86 bits per heavy atom. The average molecular weight is 289 g/mol. The van der Waals surface area contributed by atoms with Crippen molar-refractivity contribution in [3.8, 4) is 0 Å². The maximum Gasteiger partial charge on any atom is 0.321 e. The first kappa shape index (κ1) is 15.5. The Balaban J connectivity index is 2.01. The fraction of sp³-hybridized carbons (Fsp3) is 0.500. The van der Waals surface area contributed by atoms with E-state index in [0.717, 1.165) is 0 Å². The Bertz CT molecular complexity index is 486. The van der Waals surface area contributed by atoms with E-state index < -0.39 is 12.1 Å². The molecular weight excluding hydrogens is 266 g/mol. The Labute approximate surface area is 125 Å². The van der Waals surface area contributed by atoms with Gasteiger partial charge in [-0.2, -0.15) is 0 Å². The van der Waals surface area contributed by atoms with Crippen molar-refractivity contribution in [2.75, 3.05) is 7.05 Å². The molecular formula is C16H23N3O2. The Morgan fingerprint density at radius 3 is 2.38 bits per heavy atom. The third-order valence-corrected chi connectivity index (χ3v) is 4.07. The summed E-state index contributed by atoms with van der Waals surface area (Å²) < 4.78 is 0. The SMILES string of the molecule is CNC(=O)NC(=O)C(C)NC(c1ccccc1)C1CCC1. The highest BCUT2D eigenvalue weighted by Gasteiger charge is 2.30. The Hall–Kier alpha value is -1.88. The van der Waals surface area contributed by atoms with Crippen molar-refractivity contribution in [3.05, 3.63) is 35.9 Å². The lowest BCUT2D eigenvalue weighted by Gasteiger charge is -2.36. The predicted octanol–water partition coefficient (Wildman–Crippen LogP) is 1.96. The number of hydrogen-bond donors (Lipinski definition) is 3. The lowest BCUT2D eigenvalue weighted by Crippen LogP contribution is -2.49. The molecule has 1 fully saturated rings. The molecule has 5 nitrogen and oxygen atoms in total. The molecule has 0 aliphatic heterocycles. The number of amides is 3. The van der Waals surface area contributed by atoms with E-state index in [0.29, 0.717) is 5.92 Å². The third-order valence-electron chi connectivity index (χ3n) is 4.07. The molecule has 0 aromatic heterocycles. The van der Waals surface area contributed by atoms with Gasteiger partial charge in [-0.15, -0.1) is 0 Å². The normalized spacial score (nSPS) is 17.4. The van der Waals surface area contributed by atoms with Gasteiger partial charge in [0.25, 0.3) is 0 Å². The summed E-state index contributed by atoms with van der Waals surface area (Å²) in [6.45, 7) is 1.78. The van der Waals surface area contributed by atoms with Crippen molar-refractivity contribution >= 4 is 11.9 Å². The van der Waals surface area contributed by atoms with E-state index in [4.69, 9.17) is 0 Å². The summed E-state index contributed by atoms with van der Waals surface area (Å²) in [4.78, 5) is 23.2. The molecule has 1 saturated carbocycles. The molecule has 3 amide bonds. The van der Waals surface area contributed by atoms with Crippen LogP contribution in [0.25, 0.3) is 0 Å². The van der Waals surface area contributed by atoms with E-state index >= 15 is 0 Å². The molecule has 1 aromatic rings. The number of urea groups is 1. The summed E-state index contributed by atoms with van der Waals surface area (Å²) in [5.41, 5.74) is 1.20. The molecule has 0 radical (unpaired) electrons. The first-order valence-corrected chi connectivity index (χ1v) is 7.45. The number of benzene rings is 1. The van der Waals surface area contributed by atoms with Crippen LogP contribution >= 0.6 is 0 Å². The van der Waals surface area contributed by atoms with Gasteiger partial charge >= 0.3 is 6.03 Å². The summed E-state index contributed by atoms with van der Waals surface area (Å²) in [7, 11) is 1.49. The number of nitrogens with one attached hydrogen (secondary N) is 3. The monoisotopic (exact) mass is 289 g/mol. The predicted molar refractivity (Wildman–Crippen MR) is 81.7 cm³/mol. The quantitative estimate of drug-likeness (QED) is 0.776. The van der Waals surface area contributed by atoms with Gasteiger partial charge in [-0.3, -0.25) is 15.4 Å². The van der Waals surface area contributed by atoms with Crippen LogP contribution in [0.3, 0.4) is 0 Å². The summed E-state index contributed by atoms with van der Waals surface area (Å²) in [6.07, 6.45) is 3.60. The van der Waals surface area contributed by atoms with Crippen molar-refractivity contribution in [1.29, 1.82) is 0 Å². The van der Waals surface area contributed by atoms with Crippen molar-refractivity contribution in [3.63, 3.8) is 0 Å². The molecule has 0 spiro atoms. The molecule has 2 atom stereocenters. The van der Waals surface area contributed by atoms with Gasteiger partial charge in [0.1, 0.15) is 0 Å². The summed E-state index contributed by atoms with van der Waals surface area (Å²) in [5.74, 6) is 0.247. The fourth-order valence-electron chi connectivity index (χ4n) is 2.57. The maximum atomic E-state index is 12.0. The zero-order valence-corrected chi connectivity index (χ0v) is 12.6. The second kappa shape index (κ2) is 7.22. The van der Waals surface area contributed by atoms with Crippen LogP contribution in [0.1, 0.15) is 37.8 Å². The van der Waals surface area contributed by atoms with Gasteiger partial charge in [-0.05, 0) is 31.2 Å². The zero-order valence-electron chi connectivity index (χ0n) is 12.6. The van der Waals surface area contributed by atoms with Gasteiger partial charge in [0.15, 0.2) is 0 Å². The van der Waals surface area contributed by atoms with Crippen LogP contribution in [0, 0.1) is 5.92 Å². The summed E-state index contributed by atoms with van der Waals surface area (Å²) >= 11 is 0. The van der Waals surface area contributed by atoms with Crippen LogP contribution in [0.4, 0.5) is 4.79 Å². The number of imide groups is 1. The molecule has 2 unspecified atom stereocenters. The summed E-state index contributed by atoms with van der Waals surface area (Å²) in [5, 5.41) is 8.06. The highest BCUT2D eigenvalue weighted by atomic mass is 16.2. The van der Waals surface area contributed by atoms with Crippen molar-refractivity contribution in [2.24, 2.45) is 5.92 Å². The Kier molecular flexibility index (Phi) is 5.33. The van der Waals surface area contributed by atoms with Gasteiger partial charge in [-0.1, -0.05) is 36.8 Å². The highest BCUT2D eigenvalue weighted by molar-refractivity contribution is 5.96. The van der Waals surface area contributed by atoms with E-state index in [1.165, 1.54) is 31.9 Å². The molecule has 1 aliphatic carbocycles. The summed E-state index contributed by atoms with van der Waals surface area (Å²) in [6, 6.07) is 9.43. The van der Waals surface area contributed by atoms with Crippen molar-refractivity contribution in [1.82, 2.24) is 16.0 Å². The van der Waals surface area contributed by atoms with E-state index in [1.807, 2.05) is 18.2 Å². The molecule has 114 valence electrons. The Morgan fingerprint density at radius 1 is 1.19 bits per heavy atom. The molecule has 3 N–H and O–H groups in total. The van der Waals surface area contributed by atoms with Crippen LogP contribution in [-0.2, 0) is 4.79 Å². The molecule has 5 heteroatoms. The van der Waals surface area contributed by atoms with E-state index in [1.54, 1.807) is 6.92 Å². The first-order chi connectivity index (χ1) is 10.1. The lowest BCUT2D eigenvalue weighted by molar-refractivity contribution is -0.122. The molecule has 0 heterocycles. The third kappa shape index (κ3) is 4.04. The second-order valence-corrected chi connectivity index (χ2v) is 5.54. The first-order valence-electron chi connectivity index (χ1n) is 7.45. The van der Waals surface area contributed by atoms with E-state index in [2.05, 4.69) is 28.1 Å². The zero-order chi connectivity index (χ0) is 15.2. The highest BCUT2D eigenvalue weighted by Crippen LogP contribution is 2.37. The van der Waals surface area contributed by atoms with Gasteiger partial charge < -0.3 is 5.32 Å². The fourth-order valence-corrected chi connectivity index (χ4v) is 2.57. The molecule has 1 aromatic carbocycles. The molecule has 0 saturated heterocycles.